The summed E-state index contributed by atoms with van der Waals surface area (Å²) in [4.78, 5) is 0. The van der Waals surface area contributed by atoms with E-state index in [4.69, 9.17) is 4.74 Å². The predicted molar refractivity (Wildman–Crippen MR) is 81.1 cm³/mol. The fourth-order valence-corrected chi connectivity index (χ4v) is 3.78. The fraction of sp³-hybridized carbons (Fsp3) is 0.286. The second kappa shape index (κ2) is 7.28. The molecule has 0 saturated carbocycles. The highest BCUT2D eigenvalue weighted by Crippen LogP contribution is 2.19. The van der Waals surface area contributed by atoms with Crippen LogP contribution >= 0.6 is 11.3 Å². The largest absolute Gasteiger partial charge is 0.375 e. The van der Waals surface area contributed by atoms with Crippen molar-refractivity contribution in [3.63, 3.8) is 0 Å². The Morgan fingerprint density at radius 2 is 1.95 bits per heavy atom. The molecule has 1 heterocycles. The van der Waals surface area contributed by atoms with E-state index in [1.165, 1.54) is 18.4 Å². The number of hydrogen-bond donors (Lipinski definition) is 1. The zero-order valence-electron chi connectivity index (χ0n) is 11.8. The van der Waals surface area contributed by atoms with Gasteiger partial charge in [-0.25, -0.2) is 21.9 Å². The minimum Gasteiger partial charge on any atom is -0.375 e. The van der Waals surface area contributed by atoms with Crippen LogP contribution in [0, 0.1) is 11.6 Å². The summed E-state index contributed by atoms with van der Waals surface area (Å²) in [5, 5.41) is 3.73. The molecule has 1 atom stereocenters. The summed E-state index contributed by atoms with van der Waals surface area (Å²) in [5.41, 5.74) is 0.918. The van der Waals surface area contributed by atoms with Crippen LogP contribution in [0.5, 0.6) is 0 Å². The van der Waals surface area contributed by atoms with Gasteiger partial charge in [-0.3, -0.25) is 0 Å². The highest BCUT2D eigenvalue weighted by Gasteiger charge is 2.17. The van der Waals surface area contributed by atoms with Crippen LogP contribution in [0.3, 0.4) is 0 Å². The number of ether oxygens (including phenoxy) is 1. The fourth-order valence-electron chi connectivity index (χ4n) is 1.96. The van der Waals surface area contributed by atoms with Gasteiger partial charge in [-0.2, -0.15) is 11.3 Å². The molecule has 1 aromatic heterocycles. The van der Waals surface area contributed by atoms with Crippen LogP contribution in [-0.2, 0) is 20.5 Å². The molecule has 0 aliphatic carbocycles. The van der Waals surface area contributed by atoms with Crippen molar-refractivity contribution < 1.29 is 21.9 Å². The first kappa shape index (κ1) is 17.0. The molecular formula is C14H15F2NO3S2. The molecular weight excluding hydrogens is 332 g/mol. The van der Waals surface area contributed by atoms with Crippen molar-refractivity contribution in [2.75, 3.05) is 13.7 Å². The van der Waals surface area contributed by atoms with Crippen molar-refractivity contribution in [3.05, 3.63) is 57.8 Å². The van der Waals surface area contributed by atoms with Gasteiger partial charge in [0.1, 0.15) is 11.6 Å². The van der Waals surface area contributed by atoms with Crippen LogP contribution in [0.2, 0.25) is 0 Å². The number of nitrogens with one attached hydrogen (secondary N) is 1. The Bertz CT molecular complexity index is 697. The van der Waals surface area contributed by atoms with E-state index in [-0.39, 0.29) is 12.1 Å². The van der Waals surface area contributed by atoms with Gasteiger partial charge in [0.25, 0.3) is 0 Å². The number of halogens is 2. The highest BCUT2D eigenvalue weighted by atomic mass is 32.2. The standard InChI is InChI=1S/C14H15F2NO3S2/c1-20-14(11-2-3-21-8-11)7-17-22(18,19)9-10-4-12(15)6-13(16)5-10/h2-6,8,14,17H,7,9H2,1H3. The number of hydrogen-bond acceptors (Lipinski definition) is 4. The summed E-state index contributed by atoms with van der Waals surface area (Å²) in [6.07, 6.45) is -0.412. The van der Waals surface area contributed by atoms with Crippen molar-refractivity contribution in [2.24, 2.45) is 0 Å². The normalized spacial score (nSPS) is 13.2. The van der Waals surface area contributed by atoms with Gasteiger partial charge in [-0.1, -0.05) is 0 Å². The molecule has 0 saturated heterocycles. The van der Waals surface area contributed by atoms with E-state index < -0.39 is 33.5 Å². The number of thiophene rings is 1. The molecule has 0 spiro atoms. The molecule has 1 N–H and O–H groups in total. The topological polar surface area (TPSA) is 55.4 Å². The first-order valence-corrected chi connectivity index (χ1v) is 8.96. The van der Waals surface area contributed by atoms with Crippen molar-refractivity contribution >= 4 is 21.4 Å². The number of benzene rings is 1. The molecule has 0 aliphatic rings. The van der Waals surface area contributed by atoms with Crippen LogP contribution in [0.15, 0.2) is 35.0 Å². The lowest BCUT2D eigenvalue weighted by Gasteiger charge is -2.15. The molecule has 0 aliphatic heterocycles. The summed E-state index contributed by atoms with van der Waals surface area (Å²) in [7, 11) is -2.24. The van der Waals surface area contributed by atoms with E-state index in [0.29, 0.717) is 6.07 Å². The molecule has 0 radical (unpaired) electrons. The third-order valence-corrected chi connectivity index (χ3v) is 4.99. The van der Waals surface area contributed by atoms with Crippen LogP contribution in [0.1, 0.15) is 17.2 Å². The third-order valence-electron chi connectivity index (χ3n) is 2.97. The van der Waals surface area contributed by atoms with Gasteiger partial charge in [0.15, 0.2) is 0 Å². The Labute approximate surface area is 131 Å². The van der Waals surface area contributed by atoms with E-state index in [0.717, 1.165) is 17.7 Å². The Morgan fingerprint density at radius 1 is 1.27 bits per heavy atom. The highest BCUT2D eigenvalue weighted by molar-refractivity contribution is 7.88. The maximum Gasteiger partial charge on any atom is 0.215 e. The molecule has 0 bridgehead atoms. The van der Waals surface area contributed by atoms with E-state index in [1.54, 1.807) is 0 Å². The van der Waals surface area contributed by atoms with Crippen LogP contribution in [0.25, 0.3) is 0 Å². The average Bonchev–Trinajstić information content (AvgIpc) is 2.91. The summed E-state index contributed by atoms with van der Waals surface area (Å²) in [6, 6.07) is 4.53. The van der Waals surface area contributed by atoms with Gasteiger partial charge in [0.05, 0.1) is 11.9 Å². The van der Waals surface area contributed by atoms with Crippen LogP contribution < -0.4 is 4.72 Å². The molecule has 0 amide bonds. The Balaban J connectivity index is 2.01. The maximum absolute atomic E-state index is 13.1. The van der Waals surface area contributed by atoms with Crippen molar-refractivity contribution in [2.45, 2.75) is 11.9 Å². The summed E-state index contributed by atoms with van der Waals surface area (Å²) in [6.45, 7) is 0.0490. The van der Waals surface area contributed by atoms with Crippen LogP contribution in [0.4, 0.5) is 8.78 Å². The molecule has 0 fully saturated rings. The molecule has 2 aromatic rings. The van der Waals surface area contributed by atoms with Gasteiger partial charge in [-0.05, 0) is 40.1 Å². The quantitative estimate of drug-likeness (QED) is 0.838. The van der Waals surface area contributed by atoms with Gasteiger partial charge in [-0.15, -0.1) is 0 Å². The van der Waals surface area contributed by atoms with E-state index in [2.05, 4.69) is 4.72 Å². The monoisotopic (exact) mass is 347 g/mol. The second-order valence-electron chi connectivity index (χ2n) is 4.67. The molecule has 2 rings (SSSR count). The minimum absolute atomic E-state index is 0.0490. The summed E-state index contributed by atoms with van der Waals surface area (Å²) < 4.78 is 57.8. The van der Waals surface area contributed by atoms with Gasteiger partial charge < -0.3 is 4.74 Å². The van der Waals surface area contributed by atoms with E-state index in [1.807, 2.05) is 16.8 Å². The molecule has 4 nitrogen and oxygen atoms in total. The zero-order valence-corrected chi connectivity index (χ0v) is 13.4. The first-order valence-electron chi connectivity index (χ1n) is 6.37. The maximum atomic E-state index is 13.1. The Hall–Kier alpha value is -1.35. The minimum atomic E-state index is -3.72. The molecule has 1 unspecified atom stereocenters. The molecule has 120 valence electrons. The van der Waals surface area contributed by atoms with E-state index >= 15 is 0 Å². The lowest BCUT2D eigenvalue weighted by molar-refractivity contribution is 0.107. The van der Waals surface area contributed by atoms with E-state index in [9.17, 15) is 17.2 Å². The molecule has 1 aromatic carbocycles. The number of methoxy groups -OCH3 is 1. The average molecular weight is 347 g/mol. The smallest absolute Gasteiger partial charge is 0.215 e. The lowest BCUT2D eigenvalue weighted by Crippen LogP contribution is -2.30. The van der Waals surface area contributed by atoms with Gasteiger partial charge in [0.2, 0.25) is 10.0 Å². The number of sulfonamides is 1. The van der Waals surface area contributed by atoms with Crippen molar-refractivity contribution in [1.82, 2.24) is 4.72 Å². The van der Waals surface area contributed by atoms with Crippen molar-refractivity contribution in [3.8, 4) is 0 Å². The number of rotatable bonds is 7. The van der Waals surface area contributed by atoms with Gasteiger partial charge >= 0.3 is 0 Å². The Kier molecular flexibility index (Phi) is 5.63. The third kappa shape index (κ3) is 4.84. The summed E-state index contributed by atoms with van der Waals surface area (Å²) >= 11 is 1.48. The zero-order chi connectivity index (χ0) is 16.2. The van der Waals surface area contributed by atoms with Crippen molar-refractivity contribution in [1.29, 1.82) is 0 Å². The predicted octanol–water partition coefficient (Wildman–Crippen LogP) is 2.83. The second-order valence-corrected chi connectivity index (χ2v) is 7.25. The SMILES string of the molecule is COC(CNS(=O)(=O)Cc1cc(F)cc(F)c1)c1ccsc1. The molecule has 8 heteroatoms. The van der Waals surface area contributed by atoms with Crippen LogP contribution in [-0.4, -0.2) is 22.1 Å². The first-order chi connectivity index (χ1) is 10.4. The molecule has 22 heavy (non-hydrogen) atoms. The lowest BCUT2D eigenvalue weighted by atomic mass is 10.2. The van der Waals surface area contributed by atoms with Gasteiger partial charge in [0, 0.05) is 19.7 Å². The summed E-state index contributed by atoms with van der Waals surface area (Å²) in [5.74, 6) is -2.11. The Morgan fingerprint density at radius 3 is 2.50 bits per heavy atom.